The molecule has 39 heavy (non-hydrogen) atoms. The van der Waals surface area contributed by atoms with E-state index in [-0.39, 0.29) is 15.5 Å². The lowest BCUT2D eigenvalue weighted by Crippen LogP contribution is -2.38. The molecule has 1 N–H and O–H groups in total. The van der Waals surface area contributed by atoms with Gasteiger partial charge < -0.3 is 5.32 Å². The third-order valence-corrected chi connectivity index (χ3v) is 10.8. The average molecular weight is 590 g/mol. The van der Waals surface area contributed by atoms with Crippen LogP contribution in [0.3, 0.4) is 0 Å². The van der Waals surface area contributed by atoms with Gasteiger partial charge >= 0.3 is 0 Å². The summed E-state index contributed by atoms with van der Waals surface area (Å²) < 4.78 is 55.8. The Bertz CT molecular complexity index is 1530. The fraction of sp³-hybridized carbons (Fsp3) is 0.321. The van der Waals surface area contributed by atoms with Crippen LogP contribution in [0.4, 0.5) is 11.4 Å². The van der Waals surface area contributed by atoms with Gasteiger partial charge in [0, 0.05) is 23.8 Å². The Labute approximate surface area is 235 Å². The van der Waals surface area contributed by atoms with E-state index < -0.39 is 32.5 Å². The molecule has 1 aliphatic rings. The van der Waals surface area contributed by atoms with E-state index in [1.54, 1.807) is 31.2 Å². The highest BCUT2D eigenvalue weighted by molar-refractivity contribution is 7.92. The molecule has 1 saturated heterocycles. The van der Waals surface area contributed by atoms with Gasteiger partial charge in [-0.1, -0.05) is 48.2 Å². The molecule has 1 amide bonds. The standard InChI is InChI=1S/C28H32ClN3O5S2/c1-21-7-13-26(14-8-21)39(36,37)32(24-12-9-22(2)27(29)19-24)20-28(33)30-23-10-15-25(16-11-23)38(34,35)31-17-5-3-4-6-18-31/h7-16,19H,3-6,17-18,20H2,1-2H3,(H,30,33). The largest absolute Gasteiger partial charge is 0.325 e. The molecule has 8 nitrogen and oxygen atoms in total. The maximum absolute atomic E-state index is 13.6. The van der Waals surface area contributed by atoms with Crippen LogP contribution in [0.15, 0.2) is 76.5 Å². The number of rotatable bonds is 8. The molecule has 3 aromatic rings. The monoisotopic (exact) mass is 589 g/mol. The van der Waals surface area contributed by atoms with Gasteiger partial charge in [-0.25, -0.2) is 16.8 Å². The quantitative estimate of drug-likeness (QED) is 0.381. The Hall–Kier alpha value is -2.92. The number of carbonyl (C=O) groups is 1. The lowest BCUT2D eigenvalue weighted by atomic mass is 10.2. The van der Waals surface area contributed by atoms with E-state index in [2.05, 4.69) is 5.32 Å². The molecule has 0 aromatic heterocycles. The fourth-order valence-corrected chi connectivity index (χ4v) is 7.47. The van der Waals surface area contributed by atoms with E-state index in [1.807, 2.05) is 6.92 Å². The van der Waals surface area contributed by atoms with Crippen LogP contribution in [0.2, 0.25) is 5.02 Å². The molecular weight excluding hydrogens is 558 g/mol. The van der Waals surface area contributed by atoms with Gasteiger partial charge in [0.15, 0.2) is 0 Å². The molecule has 0 aliphatic carbocycles. The van der Waals surface area contributed by atoms with Gasteiger partial charge in [-0.05, 0) is 80.8 Å². The van der Waals surface area contributed by atoms with E-state index in [4.69, 9.17) is 11.6 Å². The second-order valence-electron chi connectivity index (χ2n) is 9.65. The van der Waals surface area contributed by atoms with E-state index in [1.165, 1.54) is 46.8 Å². The number of amides is 1. The van der Waals surface area contributed by atoms with E-state index in [9.17, 15) is 21.6 Å². The zero-order valence-corrected chi connectivity index (χ0v) is 24.3. The first-order chi connectivity index (χ1) is 18.5. The summed E-state index contributed by atoms with van der Waals surface area (Å²) in [5, 5.41) is 3.06. The van der Waals surface area contributed by atoms with Crippen LogP contribution in [0, 0.1) is 13.8 Å². The van der Waals surface area contributed by atoms with Gasteiger partial charge in [0.25, 0.3) is 10.0 Å². The Morgan fingerprint density at radius 2 is 1.44 bits per heavy atom. The summed E-state index contributed by atoms with van der Waals surface area (Å²) in [7, 11) is -7.73. The zero-order chi connectivity index (χ0) is 28.2. The molecule has 0 atom stereocenters. The third-order valence-electron chi connectivity index (χ3n) is 6.68. The molecule has 208 valence electrons. The molecule has 1 aliphatic heterocycles. The van der Waals surface area contributed by atoms with Gasteiger partial charge in [0.1, 0.15) is 6.54 Å². The van der Waals surface area contributed by atoms with Crippen LogP contribution < -0.4 is 9.62 Å². The van der Waals surface area contributed by atoms with Crippen molar-refractivity contribution in [2.45, 2.75) is 49.3 Å². The second kappa shape index (κ2) is 12.1. The first kappa shape index (κ1) is 29.1. The summed E-state index contributed by atoms with van der Waals surface area (Å²) in [6.07, 6.45) is 3.70. The second-order valence-corrected chi connectivity index (χ2v) is 13.9. The van der Waals surface area contributed by atoms with Gasteiger partial charge in [0.2, 0.25) is 15.9 Å². The number of nitrogens with zero attached hydrogens (tertiary/aromatic N) is 2. The highest BCUT2D eigenvalue weighted by Gasteiger charge is 2.28. The molecule has 0 spiro atoms. The van der Waals surface area contributed by atoms with Crippen molar-refractivity contribution in [3.63, 3.8) is 0 Å². The van der Waals surface area contributed by atoms with Crippen molar-refractivity contribution in [1.29, 1.82) is 0 Å². The number of hydrogen-bond acceptors (Lipinski definition) is 5. The van der Waals surface area contributed by atoms with Crippen molar-refractivity contribution in [3.05, 3.63) is 82.9 Å². The number of nitrogens with one attached hydrogen (secondary N) is 1. The number of sulfonamides is 2. The number of anilines is 2. The number of carbonyl (C=O) groups excluding carboxylic acids is 1. The van der Waals surface area contributed by atoms with Crippen LogP contribution in [0.25, 0.3) is 0 Å². The summed E-state index contributed by atoms with van der Waals surface area (Å²) in [5.74, 6) is -0.592. The minimum absolute atomic E-state index is 0.0423. The predicted octanol–water partition coefficient (Wildman–Crippen LogP) is 5.36. The molecule has 1 heterocycles. The van der Waals surface area contributed by atoms with Crippen molar-refractivity contribution in [2.24, 2.45) is 0 Å². The smallest absolute Gasteiger partial charge is 0.264 e. The molecule has 1 fully saturated rings. The van der Waals surface area contributed by atoms with Gasteiger partial charge in [-0.2, -0.15) is 4.31 Å². The van der Waals surface area contributed by atoms with Crippen LogP contribution >= 0.6 is 11.6 Å². The summed E-state index contributed by atoms with van der Waals surface area (Å²) in [6, 6.07) is 17.1. The number of aryl methyl sites for hydroxylation is 2. The lowest BCUT2D eigenvalue weighted by Gasteiger charge is -2.25. The zero-order valence-electron chi connectivity index (χ0n) is 21.9. The minimum atomic E-state index is -4.10. The number of hydrogen-bond donors (Lipinski definition) is 1. The predicted molar refractivity (Wildman–Crippen MR) is 154 cm³/mol. The highest BCUT2D eigenvalue weighted by atomic mass is 35.5. The fourth-order valence-electron chi connectivity index (χ4n) is 4.36. The van der Waals surface area contributed by atoms with Gasteiger partial charge in [-0.15, -0.1) is 0 Å². The van der Waals surface area contributed by atoms with E-state index in [0.29, 0.717) is 23.8 Å². The Kier molecular flexibility index (Phi) is 9.00. The average Bonchev–Trinajstić information content (AvgIpc) is 3.20. The van der Waals surface area contributed by atoms with E-state index >= 15 is 0 Å². The Morgan fingerprint density at radius 3 is 2.03 bits per heavy atom. The molecule has 11 heteroatoms. The third kappa shape index (κ3) is 6.81. The van der Waals surface area contributed by atoms with Crippen molar-refractivity contribution < 1.29 is 21.6 Å². The topological polar surface area (TPSA) is 104 Å². The highest BCUT2D eigenvalue weighted by Crippen LogP contribution is 2.28. The molecule has 0 radical (unpaired) electrons. The minimum Gasteiger partial charge on any atom is -0.325 e. The summed E-state index contributed by atoms with van der Waals surface area (Å²) in [5.41, 5.74) is 2.27. The molecule has 4 rings (SSSR count). The summed E-state index contributed by atoms with van der Waals surface area (Å²) in [4.78, 5) is 13.3. The van der Waals surface area contributed by atoms with Crippen LogP contribution in [0.1, 0.15) is 36.8 Å². The van der Waals surface area contributed by atoms with Crippen LogP contribution in [-0.2, 0) is 24.8 Å². The van der Waals surface area contributed by atoms with Crippen LogP contribution in [0.5, 0.6) is 0 Å². The van der Waals surface area contributed by atoms with Crippen molar-refractivity contribution in [1.82, 2.24) is 4.31 Å². The summed E-state index contributed by atoms with van der Waals surface area (Å²) in [6.45, 7) is 4.13. The Morgan fingerprint density at radius 1 is 0.846 bits per heavy atom. The van der Waals surface area contributed by atoms with Crippen molar-refractivity contribution >= 4 is 48.9 Å². The van der Waals surface area contributed by atoms with Crippen LogP contribution in [-0.4, -0.2) is 46.7 Å². The maximum atomic E-state index is 13.6. The van der Waals surface area contributed by atoms with Gasteiger partial charge in [-0.3, -0.25) is 9.10 Å². The molecule has 0 unspecified atom stereocenters. The number of halogens is 1. The molecular formula is C28H32ClN3O5S2. The van der Waals surface area contributed by atoms with Crippen molar-refractivity contribution in [2.75, 3.05) is 29.3 Å². The molecule has 3 aromatic carbocycles. The summed E-state index contributed by atoms with van der Waals surface area (Å²) >= 11 is 6.28. The maximum Gasteiger partial charge on any atom is 0.264 e. The SMILES string of the molecule is Cc1ccc(S(=O)(=O)N(CC(=O)Nc2ccc(S(=O)(=O)N3CCCCCC3)cc2)c2ccc(C)c(Cl)c2)cc1. The lowest BCUT2D eigenvalue weighted by molar-refractivity contribution is -0.114. The molecule has 0 bridgehead atoms. The first-order valence-electron chi connectivity index (χ1n) is 12.7. The Balaban J connectivity index is 1.55. The first-order valence-corrected chi connectivity index (χ1v) is 16.0. The van der Waals surface area contributed by atoms with E-state index in [0.717, 1.165) is 41.1 Å². The number of benzene rings is 3. The van der Waals surface area contributed by atoms with Gasteiger partial charge in [0.05, 0.1) is 15.5 Å². The normalized spacial score (nSPS) is 14.9. The van der Waals surface area contributed by atoms with Crippen molar-refractivity contribution in [3.8, 4) is 0 Å². The molecule has 0 saturated carbocycles.